The van der Waals surface area contributed by atoms with Crippen LogP contribution in [-0.2, 0) is 6.54 Å². The van der Waals surface area contributed by atoms with E-state index in [0.717, 1.165) is 42.5 Å². The van der Waals surface area contributed by atoms with Crippen molar-refractivity contribution in [1.29, 1.82) is 0 Å². The molecule has 2 aromatic carbocycles. The molecule has 5 heteroatoms. The number of nitrogens with zero attached hydrogens (tertiary/aromatic N) is 3. The van der Waals surface area contributed by atoms with E-state index in [0.29, 0.717) is 6.04 Å². The number of para-hydroxylation sites is 1. The first-order chi connectivity index (χ1) is 15.1. The number of anilines is 2. The van der Waals surface area contributed by atoms with Gasteiger partial charge in [0.1, 0.15) is 5.82 Å². The molecule has 0 unspecified atom stereocenters. The predicted molar refractivity (Wildman–Crippen MR) is 133 cm³/mol. The van der Waals surface area contributed by atoms with Crippen molar-refractivity contribution in [2.75, 3.05) is 36.5 Å². The number of aromatic nitrogens is 1. The number of unbranched alkanes of at least 4 members (excludes halogenated alkanes) is 1. The van der Waals surface area contributed by atoms with Gasteiger partial charge in [0.05, 0.1) is 5.52 Å². The zero-order valence-corrected chi connectivity index (χ0v) is 19.4. The topological polar surface area (TPSA) is 31.4 Å². The lowest BCUT2D eigenvalue weighted by Crippen LogP contribution is -2.43. The molecule has 2 heterocycles. The fraction of sp³-hybridized carbons (Fsp3) is 0.423. The third-order valence-electron chi connectivity index (χ3n) is 6.20. The zero-order chi connectivity index (χ0) is 21.6. The second-order valence-corrected chi connectivity index (χ2v) is 9.00. The first kappa shape index (κ1) is 21.9. The summed E-state index contributed by atoms with van der Waals surface area (Å²) < 4.78 is 0. The maximum Gasteiger partial charge on any atom is 0.131 e. The molecular formula is C26H33ClN4. The highest BCUT2D eigenvalue weighted by atomic mass is 35.5. The van der Waals surface area contributed by atoms with E-state index in [1.54, 1.807) is 0 Å². The Morgan fingerprint density at radius 1 is 1.10 bits per heavy atom. The molecule has 0 aliphatic carbocycles. The molecule has 0 spiro atoms. The summed E-state index contributed by atoms with van der Waals surface area (Å²) in [6.45, 7) is 6.35. The van der Waals surface area contributed by atoms with Gasteiger partial charge in [0.2, 0.25) is 0 Å². The minimum atomic E-state index is 0.642. The van der Waals surface area contributed by atoms with Crippen molar-refractivity contribution in [2.45, 2.75) is 45.2 Å². The lowest BCUT2D eigenvalue weighted by atomic mass is 10.0. The van der Waals surface area contributed by atoms with E-state index in [2.05, 4.69) is 71.6 Å². The van der Waals surface area contributed by atoms with Gasteiger partial charge in [-0.15, -0.1) is 0 Å². The van der Waals surface area contributed by atoms with Gasteiger partial charge in [-0.1, -0.05) is 55.3 Å². The van der Waals surface area contributed by atoms with E-state index >= 15 is 0 Å². The number of fused-ring (bicyclic) bond motifs is 1. The number of pyridine rings is 1. The maximum absolute atomic E-state index is 6.05. The second-order valence-electron chi connectivity index (χ2n) is 8.57. The Labute approximate surface area is 191 Å². The Bertz CT molecular complexity index is 980. The van der Waals surface area contributed by atoms with E-state index in [1.165, 1.54) is 42.3 Å². The summed E-state index contributed by atoms with van der Waals surface area (Å²) in [6, 6.07) is 19.5. The summed E-state index contributed by atoms with van der Waals surface area (Å²) in [7, 11) is 2.11. The molecule has 164 valence electrons. The number of hydrogen-bond donors (Lipinski definition) is 1. The third kappa shape index (κ3) is 5.50. The first-order valence-electron chi connectivity index (χ1n) is 11.5. The lowest BCUT2D eigenvalue weighted by Gasteiger charge is -2.35. The van der Waals surface area contributed by atoms with E-state index < -0.39 is 0 Å². The minimum absolute atomic E-state index is 0.642. The number of benzene rings is 2. The summed E-state index contributed by atoms with van der Waals surface area (Å²) >= 11 is 6.05. The quantitative estimate of drug-likeness (QED) is 0.446. The summed E-state index contributed by atoms with van der Waals surface area (Å²) in [5, 5.41) is 5.74. The molecule has 0 radical (unpaired) electrons. The van der Waals surface area contributed by atoms with Crippen LogP contribution in [0.3, 0.4) is 0 Å². The van der Waals surface area contributed by atoms with Gasteiger partial charge in [0.15, 0.2) is 0 Å². The number of nitrogens with one attached hydrogen (secondary N) is 1. The van der Waals surface area contributed by atoms with Gasteiger partial charge in [-0.2, -0.15) is 0 Å². The fourth-order valence-corrected chi connectivity index (χ4v) is 4.48. The monoisotopic (exact) mass is 436 g/mol. The molecule has 4 nitrogen and oxygen atoms in total. The highest BCUT2D eigenvalue weighted by Crippen LogP contribution is 2.32. The van der Waals surface area contributed by atoms with Crippen molar-refractivity contribution >= 4 is 34.0 Å². The van der Waals surface area contributed by atoms with Crippen LogP contribution in [0.15, 0.2) is 54.6 Å². The van der Waals surface area contributed by atoms with Crippen molar-refractivity contribution in [2.24, 2.45) is 0 Å². The summed E-state index contributed by atoms with van der Waals surface area (Å²) in [4.78, 5) is 9.73. The molecule has 0 bridgehead atoms. The van der Waals surface area contributed by atoms with Gasteiger partial charge < -0.3 is 15.1 Å². The summed E-state index contributed by atoms with van der Waals surface area (Å²) in [5.74, 6) is 1.01. The van der Waals surface area contributed by atoms with Crippen LogP contribution in [0.25, 0.3) is 10.9 Å². The van der Waals surface area contributed by atoms with Crippen LogP contribution < -0.4 is 15.1 Å². The molecule has 4 rings (SSSR count). The summed E-state index contributed by atoms with van der Waals surface area (Å²) in [5.41, 5.74) is 3.58. The van der Waals surface area contributed by atoms with Crippen LogP contribution in [0.4, 0.5) is 11.5 Å². The molecule has 31 heavy (non-hydrogen) atoms. The molecular weight excluding hydrogens is 404 g/mol. The van der Waals surface area contributed by atoms with Gasteiger partial charge in [-0.25, -0.2) is 4.98 Å². The molecule has 1 aromatic heterocycles. The molecule has 0 amide bonds. The lowest BCUT2D eigenvalue weighted by molar-refractivity contribution is 0.412. The molecule has 1 aliphatic heterocycles. The van der Waals surface area contributed by atoms with E-state index in [4.69, 9.17) is 16.6 Å². The molecule has 0 atom stereocenters. The smallest absolute Gasteiger partial charge is 0.131 e. The molecule has 3 aromatic rings. The number of piperidine rings is 1. The minimum Gasteiger partial charge on any atom is -0.371 e. The van der Waals surface area contributed by atoms with Crippen LogP contribution in [-0.4, -0.2) is 37.7 Å². The fourth-order valence-electron chi connectivity index (χ4n) is 4.35. The van der Waals surface area contributed by atoms with Crippen LogP contribution in [0.5, 0.6) is 0 Å². The standard InChI is InChI=1S/C26H33ClN4/c1-3-4-15-28-22-13-16-31(17-14-22)25-18-26(29-24-8-6-5-7-23(24)25)30(2)19-20-9-11-21(27)12-10-20/h5-12,18,22,28H,3-4,13-17,19H2,1-2H3. The third-order valence-corrected chi connectivity index (χ3v) is 6.46. The van der Waals surface area contributed by atoms with Crippen molar-refractivity contribution < 1.29 is 0 Å². The van der Waals surface area contributed by atoms with Crippen LogP contribution >= 0.6 is 11.6 Å². The van der Waals surface area contributed by atoms with Crippen LogP contribution in [0.1, 0.15) is 38.2 Å². The summed E-state index contributed by atoms with van der Waals surface area (Å²) in [6.07, 6.45) is 4.90. The largest absolute Gasteiger partial charge is 0.371 e. The van der Waals surface area contributed by atoms with Crippen molar-refractivity contribution in [3.05, 3.63) is 65.2 Å². The molecule has 0 saturated carbocycles. The van der Waals surface area contributed by atoms with Gasteiger partial charge >= 0.3 is 0 Å². The van der Waals surface area contributed by atoms with Crippen molar-refractivity contribution in [3.8, 4) is 0 Å². The maximum atomic E-state index is 6.05. The molecule has 1 aliphatic rings. The Morgan fingerprint density at radius 3 is 2.58 bits per heavy atom. The van der Waals surface area contributed by atoms with Crippen molar-refractivity contribution in [1.82, 2.24) is 10.3 Å². The molecule has 1 fully saturated rings. The normalized spacial score (nSPS) is 14.9. The van der Waals surface area contributed by atoms with Gasteiger partial charge in [-0.05, 0) is 49.6 Å². The molecule has 1 N–H and O–H groups in total. The molecule has 1 saturated heterocycles. The van der Waals surface area contributed by atoms with Crippen molar-refractivity contribution in [3.63, 3.8) is 0 Å². The number of hydrogen-bond acceptors (Lipinski definition) is 4. The first-order valence-corrected chi connectivity index (χ1v) is 11.9. The van der Waals surface area contributed by atoms with Gasteiger partial charge in [0.25, 0.3) is 0 Å². The average Bonchev–Trinajstić information content (AvgIpc) is 2.80. The van der Waals surface area contributed by atoms with Crippen LogP contribution in [0, 0.1) is 0 Å². The van der Waals surface area contributed by atoms with Crippen LogP contribution in [0.2, 0.25) is 5.02 Å². The predicted octanol–water partition coefficient (Wildman–Crippen LogP) is 5.88. The van der Waals surface area contributed by atoms with E-state index in [-0.39, 0.29) is 0 Å². The Kier molecular flexibility index (Phi) is 7.31. The number of rotatable bonds is 8. The zero-order valence-electron chi connectivity index (χ0n) is 18.6. The van der Waals surface area contributed by atoms with E-state index in [9.17, 15) is 0 Å². The average molecular weight is 437 g/mol. The Morgan fingerprint density at radius 2 is 1.84 bits per heavy atom. The van der Waals surface area contributed by atoms with Gasteiger partial charge in [-0.3, -0.25) is 0 Å². The Hall–Kier alpha value is -2.30. The van der Waals surface area contributed by atoms with E-state index in [1.807, 2.05) is 12.1 Å². The highest BCUT2D eigenvalue weighted by molar-refractivity contribution is 6.30. The number of halogens is 1. The SMILES string of the molecule is CCCCNC1CCN(c2cc(N(C)Cc3ccc(Cl)cc3)nc3ccccc23)CC1. The Balaban J connectivity index is 1.53. The van der Waals surface area contributed by atoms with Gasteiger partial charge in [0, 0.05) is 54.9 Å². The highest BCUT2D eigenvalue weighted by Gasteiger charge is 2.21. The second kappa shape index (κ2) is 10.3.